The van der Waals surface area contributed by atoms with E-state index < -0.39 is 45.8 Å². The SMILES string of the molecule is CC(CC(C)(C)OOC(C)(C)CC(C)OC(=O)C(=O)Cl)OC(=O)C(=O)Cl. The van der Waals surface area contributed by atoms with Crippen LogP contribution in [0, 0.1) is 0 Å². The van der Waals surface area contributed by atoms with Gasteiger partial charge in [0.05, 0.1) is 0 Å². The van der Waals surface area contributed by atoms with Gasteiger partial charge in [-0.15, -0.1) is 0 Å². The van der Waals surface area contributed by atoms with Crippen molar-refractivity contribution in [3.05, 3.63) is 0 Å². The van der Waals surface area contributed by atoms with Crippen molar-refractivity contribution >= 4 is 45.6 Å². The van der Waals surface area contributed by atoms with E-state index in [1.165, 1.54) is 0 Å². The molecule has 0 rings (SSSR count). The summed E-state index contributed by atoms with van der Waals surface area (Å²) in [5.74, 6) is -2.28. The molecule has 0 aliphatic heterocycles. The third-order valence-electron chi connectivity index (χ3n) is 2.99. The molecular formula is C16H24Cl2O8. The lowest BCUT2D eigenvalue weighted by Gasteiger charge is -2.33. The van der Waals surface area contributed by atoms with Gasteiger partial charge in [0.2, 0.25) is 0 Å². The van der Waals surface area contributed by atoms with Crippen LogP contribution in [0.25, 0.3) is 0 Å². The van der Waals surface area contributed by atoms with Gasteiger partial charge >= 0.3 is 22.4 Å². The summed E-state index contributed by atoms with van der Waals surface area (Å²) in [7, 11) is 0. The number of rotatable bonds is 11. The predicted molar refractivity (Wildman–Crippen MR) is 92.4 cm³/mol. The van der Waals surface area contributed by atoms with E-state index in [2.05, 4.69) is 0 Å². The zero-order chi connectivity index (χ0) is 20.7. The summed E-state index contributed by atoms with van der Waals surface area (Å²) in [5, 5.41) is -2.40. The van der Waals surface area contributed by atoms with Crippen LogP contribution < -0.4 is 0 Å². The van der Waals surface area contributed by atoms with Crippen molar-refractivity contribution in [1.82, 2.24) is 0 Å². The van der Waals surface area contributed by atoms with Gasteiger partial charge < -0.3 is 9.47 Å². The van der Waals surface area contributed by atoms with Gasteiger partial charge in [0.25, 0.3) is 0 Å². The van der Waals surface area contributed by atoms with E-state index in [0.717, 1.165) is 0 Å². The van der Waals surface area contributed by atoms with Crippen molar-refractivity contribution in [2.45, 2.75) is 77.8 Å². The molecule has 0 radical (unpaired) electrons. The van der Waals surface area contributed by atoms with E-state index in [1.54, 1.807) is 41.5 Å². The van der Waals surface area contributed by atoms with Crippen LogP contribution in [0.15, 0.2) is 0 Å². The number of halogens is 2. The molecular weight excluding hydrogens is 391 g/mol. The highest BCUT2D eigenvalue weighted by molar-refractivity contribution is 6.80. The molecule has 0 amide bonds. The highest BCUT2D eigenvalue weighted by Gasteiger charge is 2.32. The second-order valence-corrected chi connectivity index (χ2v) is 7.76. The Morgan fingerprint density at radius 3 is 1.23 bits per heavy atom. The third kappa shape index (κ3) is 10.7. The molecule has 0 saturated carbocycles. The van der Waals surface area contributed by atoms with Crippen LogP contribution in [-0.4, -0.2) is 45.8 Å². The Balaban J connectivity index is 4.53. The molecule has 10 heteroatoms. The molecule has 0 N–H and O–H groups in total. The Morgan fingerprint density at radius 2 is 1.00 bits per heavy atom. The molecule has 2 unspecified atom stereocenters. The number of carbonyl (C=O) groups excluding carboxylic acids is 4. The standard InChI is InChI=1S/C16H24Cl2O8/c1-9(23-13(21)11(17)19)7-15(3,4)25-26-16(5,6)8-10(2)24-14(22)12(18)20/h9-10H,7-8H2,1-6H3. The predicted octanol–water partition coefficient (Wildman–Crippen LogP) is 2.67. The molecule has 2 atom stereocenters. The molecule has 0 aliphatic rings. The summed E-state index contributed by atoms with van der Waals surface area (Å²) in [4.78, 5) is 54.5. The number of hydrogen-bond donors (Lipinski definition) is 0. The van der Waals surface area contributed by atoms with E-state index in [9.17, 15) is 19.2 Å². The molecule has 8 nitrogen and oxygen atoms in total. The van der Waals surface area contributed by atoms with Gasteiger partial charge in [-0.1, -0.05) is 0 Å². The Morgan fingerprint density at radius 1 is 0.731 bits per heavy atom. The first-order chi connectivity index (χ1) is 11.6. The van der Waals surface area contributed by atoms with Crippen molar-refractivity contribution in [2.75, 3.05) is 0 Å². The van der Waals surface area contributed by atoms with Crippen LogP contribution >= 0.6 is 23.2 Å². The fourth-order valence-electron chi connectivity index (χ4n) is 2.22. The molecule has 0 aromatic rings. The van der Waals surface area contributed by atoms with Gasteiger partial charge in [-0.05, 0) is 64.7 Å². The Bertz CT molecular complexity index is 496. The van der Waals surface area contributed by atoms with E-state index in [4.69, 9.17) is 42.5 Å². The Labute approximate surface area is 162 Å². The first-order valence-corrected chi connectivity index (χ1v) is 8.58. The van der Waals surface area contributed by atoms with Crippen molar-refractivity contribution < 1.29 is 38.4 Å². The second kappa shape index (κ2) is 10.2. The molecule has 150 valence electrons. The van der Waals surface area contributed by atoms with Crippen molar-refractivity contribution in [1.29, 1.82) is 0 Å². The third-order valence-corrected chi connectivity index (χ3v) is 3.30. The van der Waals surface area contributed by atoms with E-state index in [-0.39, 0.29) is 12.8 Å². The minimum absolute atomic E-state index is 0.226. The maximum absolute atomic E-state index is 11.2. The summed E-state index contributed by atoms with van der Waals surface area (Å²) in [5.41, 5.74) is -1.73. The highest BCUT2D eigenvalue weighted by Crippen LogP contribution is 2.25. The number of esters is 2. The first kappa shape index (κ1) is 24.8. The maximum atomic E-state index is 11.2. The van der Waals surface area contributed by atoms with E-state index in [1.807, 2.05) is 0 Å². The van der Waals surface area contributed by atoms with Crippen LogP contribution in [-0.2, 0) is 38.4 Å². The minimum Gasteiger partial charge on any atom is -0.456 e. The number of carbonyl (C=O) groups is 4. The van der Waals surface area contributed by atoms with Crippen molar-refractivity contribution in [3.63, 3.8) is 0 Å². The minimum atomic E-state index is -1.20. The van der Waals surface area contributed by atoms with Gasteiger partial charge in [0, 0.05) is 12.8 Å². The van der Waals surface area contributed by atoms with Gasteiger partial charge in [0.1, 0.15) is 23.4 Å². The lowest BCUT2D eigenvalue weighted by Crippen LogP contribution is -2.38. The zero-order valence-corrected chi connectivity index (χ0v) is 17.1. The molecule has 0 fully saturated rings. The maximum Gasteiger partial charge on any atom is 0.391 e. The van der Waals surface area contributed by atoms with Crippen molar-refractivity contribution in [3.8, 4) is 0 Å². The van der Waals surface area contributed by atoms with Gasteiger partial charge in [0.15, 0.2) is 0 Å². The summed E-state index contributed by atoms with van der Waals surface area (Å²) in [6, 6.07) is 0. The number of hydrogen-bond acceptors (Lipinski definition) is 8. The van der Waals surface area contributed by atoms with E-state index in [0.29, 0.717) is 0 Å². The second-order valence-electron chi connectivity index (χ2n) is 7.07. The van der Waals surface area contributed by atoms with Gasteiger partial charge in [-0.2, -0.15) is 0 Å². The van der Waals surface area contributed by atoms with Crippen LogP contribution in [0.3, 0.4) is 0 Å². The smallest absolute Gasteiger partial charge is 0.391 e. The fraction of sp³-hybridized carbons (Fsp3) is 0.750. The Hall–Kier alpha value is -1.22. The molecule has 26 heavy (non-hydrogen) atoms. The van der Waals surface area contributed by atoms with Crippen LogP contribution in [0.4, 0.5) is 0 Å². The zero-order valence-electron chi connectivity index (χ0n) is 15.6. The Kier molecular flexibility index (Phi) is 9.72. The van der Waals surface area contributed by atoms with Crippen LogP contribution in [0.1, 0.15) is 54.4 Å². The molecule has 0 aliphatic carbocycles. The molecule has 0 heterocycles. The van der Waals surface area contributed by atoms with Crippen LogP contribution in [0.2, 0.25) is 0 Å². The lowest BCUT2D eigenvalue weighted by molar-refractivity contribution is -0.406. The quantitative estimate of drug-likeness (QED) is 0.167. The summed E-state index contributed by atoms with van der Waals surface area (Å²) in [6.45, 7) is 9.96. The highest BCUT2D eigenvalue weighted by atomic mass is 35.5. The van der Waals surface area contributed by atoms with Gasteiger partial charge in [-0.25, -0.2) is 19.4 Å². The van der Waals surface area contributed by atoms with Crippen LogP contribution in [0.5, 0.6) is 0 Å². The summed E-state index contributed by atoms with van der Waals surface area (Å²) in [6.07, 6.45) is -0.822. The van der Waals surface area contributed by atoms with Crippen molar-refractivity contribution in [2.24, 2.45) is 0 Å². The average molecular weight is 415 g/mol. The van der Waals surface area contributed by atoms with Gasteiger partial charge in [-0.3, -0.25) is 9.59 Å². The largest absolute Gasteiger partial charge is 0.456 e. The fourth-order valence-corrected chi connectivity index (χ4v) is 2.31. The molecule has 0 saturated heterocycles. The lowest BCUT2D eigenvalue weighted by atomic mass is 10.0. The normalized spacial score (nSPS) is 14.3. The monoisotopic (exact) mass is 414 g/mol. The molecule has 0 aromatic heterocycles. The average Bonchev–Trinajstić information content (AvgIpc) is 2.43. The van der Waals surface area contributed by atoms with E-state index >= 15 is 0 Å². The topological polar surface area (TPSA) is 105 Å². The first-order valence-electron chi connectivity index (χ1n) is 7.83. The summed E-state index contributed by atoms with van der Waals surface area (Å²) >= 11 is 10.1. The molecule has 0 spiro atoms. The number of ether oxygens (including phenoxy) is 2. The summed E-state index contributed by atoms with van der Waals surface area (Å²) < 4.78 is 9.70. The molecule has 0 aromatic carbocycles. The molecule has 0 bridgehead atoms.